The second-order valence-electron chi connectivity index (χ2n) is 6.32. The first-order valence-corrected chi connectivity index (χ1v) is 8.80. The fourth-order valence-corrected chi connectivity index (χ4v) is 3.17. The van der Waals surface area contributed by atoms with Gasteiger partial charge in [0.2, 0.25) is 5.91 Å². The van der Waals surface area contributed by atoms with Gasteiger partial charge in [-0.3, -0.25) is 14.5 Å². The van der Waals surface area contributed by atoms with Crippen LogP contribution in [0.1, 0.15) is 26.3 Å². The van der Waals surface area contributed by atoms with Crippen molar-refractivity contribution in [2.24, 2.45) is 0 Å². The number of nitrogens with one attached hydrogen (secondary N) is 1. The Morgan fingerprint density at radius 2 is 2.08 bits per heavy atom. The second kappa shape index (κ2) is 7.39. The van der Waals surface area contributed by atoms with Gasteiger partial charge in [-0.05, 0) is 38.5 Å². The van der Waals surface area contributed by atoms with Crippen LogP contribution in [-0.4, -0.2) is 47.3 Å². The SMILES string of the molecule is C=C(C)CN(CC)C(=O)CN1C(=O)N[C@@](C)(c2cccc(Br)c2)C1=O. The lowest BCUT2D eigenvalue weighted by Crippen LogP contribution is -2.44. The molecule has 0 saturated carbocycles. The van der Waals surface area contributed by atoms with Crippen LogP contribution in [0.3, 0.4) is 0 Å². The van der Waals surface area contributed by atoms with Gasteiger partial charge in [-0.2, -0.15) is 0 Å². The standard InChI is InChI=1S/C18H22BrN3O3/c1-5-21(10-12(2)3)15(23)11-22-16(24)18(4,20-17(22)25)13-7-6-8-14(19)9-13/h6-9H,2,5,10-11H2,1,3-4H3,(H,20,25)/t18-/m0/s1. The number of hydrogen-bond acceptors (Lipinski definition) is 3. The lowest BCUT2D eigenvalue weighted by Gasteiger charge is -2.24. The number of likely N-dealkylation sites (N-methyl/N-ethyl adjacent to an activating group) is 1. The average Bonchev–Trinajstić information content (AvgIpc) is 2.76. The minimum Gasteiger partial charge on any atom is -0.337 e. The Morgan fingerprint density at radius 3 is 2.64 bits per heavy atom. The molecule has 1 saturated heterocycles. The van der Waals surface area contributed by atoms with Gasteiger partial charge in [-0.25, -0.2) is 4.79 Å². The summed E-state index contributed by atoms with van der Waals surface area (Å²) < 4.78 is 0.807. The summed E-state index contributed by atoms with van der Waals surface area (Å²) in [5, 5.41) is 2.71. The highest BCUT2D eigenvalue weighted by Gasteiger charge is 2.49. The summed E-state index contributed by atoms with van der Waals surface area (Å²) >= 11 is 3.37. The molecule has 0 aromatic heterocycles. The van der Waals surface area contributed by atoms with E-state index in [-0.39, 0.29) is 12.5 Å². The number of hydrogen-bond donors (Lipinski definition) is 1. The van der Waals surface area contributed by atoms with E-state index in [1.807, 2.05) is 19.9 Å². The largest absolute Gasteiger partial charge is 0.337 e. The summed E-state index contributed by atoms with van der Waals surface area (Å²) in [5.41, 5.74) is 0.308. The van der Waals surface area contributed by atoms with Gasteiger partial charge in [0.1, 0.15) is 12.1 Å². The molecule has 1 heterocycles. The van der Waals surface area contributed by atoms with E-state index >= 15 is 0 Å². The van der Waals surface area contributed by atoms with Crippen molar-refractivity contribution in [1.29, 1.82) is 0 Å². The molecule has 0 bridgehead atoms. The maximum Gasteiger partial charge on any atom is 0.325 e. The molecular formula is C18H22BrN3O3. The zero-order chi connectivity index (χ0) is 18.8. The third kappa shape index (κ3) is 3.92. The molecule has 6 nitrogen and oxygen atoms in total. The molecule has 7 heteroatoms. The second-order valence-corrected chi connectivity index (χ2v) is 7.24. The number of rotatable bonds is 6. The molecule has 2 rings (SSSR count). The monoisotopic (exact) mass is 407 g/mol. The van der Waals surface area contributed by atoms with E-state index < -0.39 is 17.5 Å². The number of benzene rings is 1. The van der Waals surface area contributed by atoms with Crippen LogP contribution >= 0.6 is 15.9 Å². The van der Waals surface area contributed by atoms with E-state index in [2.05, 4.69) is 27.8 Å². The first kappa shape index (κ1) is 19.2. The van der Waals surface area contributed by atoms with Gasteiger partial charge in [0.25, 0.3) is 5.91 Å². The van der Waals surface area contributed by atoms with Crippen LogP contribution < -0.4 is 5.32 Å². The van der Waals surface area contributed by atoms with Crippen molar-refractivity contribution in [2.75, 3.05) is 19.6 Å². The predicted molar refractivity (Wildman–Crippen MR) is 98.8 cm³/mol. The molecule has 1 atom stereocenters. The molecule has 25 heavy (non-hydrogen) atoms. The Labute approximate surface area is 156 Å². The zero-order valence-electron chi connectivity index (χ0n) is 14.6. The van der Waals surface area contributed by atoms with Crippen molar-refractivity contribution in [2.45, 2.75) is 26.3 Å². The lowest BCUT2D eigenvalue weighted by atomic mass is 9.92. The van der Waals surface area contributed by atoms with Crippen LogP contribution in [0.2, 0.25) is 0 Å². The minimum atomic E-state index is -1.19. The first-order chi connectivity index (χ1) is 11.7. The van der Waals surface area contributed by atoms with E-state index in [0.29, 0.717) is 18.7 Å². The topological polar surface area (TPSA) is 69.7 Å². The predicted octanol–water partition coefficient (Wildman–Crippen LogP) is 2.64. The highest BCUT2D eigenvalue weighted by Crippen LogP contribution is 2.30. The average molecular weight is 408 g/mol. The number of carbonyl (C=O) groups is 3. The Hall–Kier alpha value is -2.15. The summed E-state index contributed by atoms with van der Waals surface area (Å²) in [6.45, 7) is 9.72. The number of carbonyl (C=O) groups excluding carboxylic acids is 3. The molecule has 0 radical (unpaired) electrons. The molecular weight excluding hydrogens is 386 g/mol. The van der Waals surface area contributed by atoms with Gasteiger partial charge < -0.3 is 10.2 Å². The third-order valence-corrected chi connectivity index (χ3v) is 4.66. The van der Waals surface area contributed by atoms with Crippen molar-refractivity contribution in [1.82, 2.24) is 15.1 Å². The molecule has 1 aliphatic rings. The van der Waals surface area contributed by atoms with Crippen LogP contribution in [0, 0.1) is 0 Å². The maximum absolute atomic E-state index is 12.9. The Balaban J connectivity index is 2.21. The van der Waals surface area contributed by atoms with E-state index in [1.54, 1.807) is 30.0 Å². The van der Waals surface area contributed by atoms with E-state index in [4.69, 9.17) is 0 Å². The van der Waals surface area contributed by atoms with E-state index in [1.165, 1.54) is 0 Å². The maximum atomic E-state index is 12.9. The molecule has 1 fully saturated rings. The quantitative estimate of drug-likeness (QED) is 0.581. The molecule has 1 aromatic rings. The summed E-state index contributed by atoms with van der Waals surface area (Å²) in [6.07, 6.45) is 0. The highest BCUT2D eigenvalue weighted by molar-refractivity contribution is 9.10. The fraction of sp³-hybridized carbons (Fsp3) is 0.389. The van der Waals surface area contributed by atoms with Gasteiger partial charge in [0, 0.05) is 17.6 Å². The van der Waals surface area contributed by atoms with Crippen molar-refractivity contribution < 1.29 is 14.4 Å². The van der Waals surface area contributed by atoms with Crippen LogP contribution in [0.5, 0.6) is 0 Å². The van der Waals surface area contributed by atoms with Crippen LogP contribution in [0.4, 0.5) is 4.79 Å². The smallest absolute Gasteiger partial charge is 0.325 e. The van der Waals surface area contributed by atoms with Crippen LogP contribution in [-0.2, 0) is 15.1 Å². The highest BCUT2D eigenvalue weighted by atomic mass is 79.9. The lowest BCUT2D eigenvalue weighted by molar-refractivity contribution is -0.138. The van der Waals surface area contributed by atoms with Gasteiger partial charge in [0.15, 0.2) is 0 Å². The summed E-state index contributed by atoms with van der Waals surface area (Å²) in [5.74, 6) is -0.720. The third-order valence-electron chi connectivity index (χ3n) is 4.17. The molecule has 0 spiro atoms. The van der Waals surface area contributed by atoms with E-state index in [9.17, 15) is 14.4 Å². The number of halogens is 1. The summed E-state index contributed by atoms with van der Waals surface area (Å²) in [4.78, 5) is 40.2. The zero-order valence-corrected chi connectivity index (χ0v) is 16.2. The molecule has 134 valence electrons. The summed E-state index contributed by atoms with van der Waals surface area (Å²) in [6, 6.07) is 6.62. The van der Waals surface area contributed by atoms with Crippen molar-refractivity contribution in [3.63, 3.8) is 0 Å². The Bertz CT molecular complexity index is 734. The van der Waals surface area contributed by atoms with Gasteiger partial charge in [-0.1, -0.05) is 40.2 Å². The normalized spacial score (nSPS) is 19.8. The van der Waals surface area contributed by atoms with Crippen molar-refractivity contribution in [3.8, 4) is 0 Å². The molecule has 1 aromatic carbocycles. The van der Waals surface area contributed by atoms with Crippen molar-refractivity contribution >= 4 is 33.8 Å². The number of nitrogens with zero attached hydrogens (tertiary/aromatic N) is 2. The number of urea groups is 1. The molecule has 1 aliphatic heterocycles. The Kier molecular flexibility index (Phi) is 5.67. The molecule has 0 unspecified atom stereocenters. The van der Waals surface area contributed by atoms with Gasteiger partial charge >= 0.3 is 6.03 Å². The molecule has 4 amide bonds. The molecule has 0 aliphatic carbocycles. The van der Waals surface area contributed by atoms with Crippen LogP contribution in [0.25, 0.3) is 0 Å². The number of amides is 4. The van der Waals surface area contributed by atoms with Gasteiger partial charge in [0.05, 0.1) is 0 Å². The van der Waals surface area contributed by atoms with Gasteiger partial charge in [-0.15, -0.1) is 0 Å². The van der Waals surface area contributed by atoms with Crippen molar-refractivity contribution in [3.05, 3.63) is 46.5 Å². The fourth-order valence-electron chi connectivity index (χ4n) is 2.77. The Morgan fingerprint density at radius 1 is 1.40 bits per heavy atom. The summed E-state index contributed by atoms with van der Waals surface area (Å²) in [7, 11) is 0. The van der Waals surface area contributed by atoms with E-state index in [0.717, 1.165) is 14.9 Å². The molecule has 1 N–H and O–H groups in total. The number of imide groups is 1. The minimum absolute atomic E-state index is 0.282. The first-order valence-electron chi connectivity index (χ1n) is 8.01. The van der Waals surface area contributed by atoms with Crippen LogP contribution in [0.15, 0.2) is 40.9 Å².